The van der Waals surface area contributed by atoms with Gasteiger partial charge in [-0.15, -0.1) is 0 Å². The highest BCUT2D eigenvalue weighted by Crippen LogP contribution is 2.10. The Morgan fingerprint density at radius 3 is 2.25 bits per heavy atom. The zero-order valence-corrected chi connectivity index (χ0v) is 7.23. The van der Waals surface area contributed by atoms with Gasteiger partial charge in [-0.25, -0.2) is 4.39 Å². The van der Waals surface area contributed by atoms with Crippen LogP contribution in [0.2, 0.25) is 0 Å². The Labute approximate surface area is 52.4 Å². The van der Waals surface area contributed by atoms with E-state index in [2.05, 4.69) is 4.57 Å². The first kappa shape index (κ1) is 6.23. The van der Waals surface area contributed by atoms with Gasteiger partial charge in [-0.3, -0.25) is 0 Å². The molecular weight excluding hydrogens is 121 g/mol. The van der Waals surface area contributed by atoms with Crippen LogP contribution in [0.25, 0.3) is 0 Å². The second-order valence-corrected chi connectivity index (χ2v) is 3.74. The molecule has 8 heavy (non-hydrogen) atoms. The normalized spacial score (nSPS) is 26.6. The molecule has 1 fully saturated rings. The lowest BCUT2D eigenvalue weighted by atomic mass is 10.1. The van der Waals surface area contributed by atoms with E-state index in [1.165, 1.54) is 0 Å². The third kappa shape index (κ3) is 1.56. The summed E-state index contributed by atoms with van der Waals surface area (Å²) in [5, 5.41) is 0. The molecule has 0 amide bonds. The van der Waals surface area contributed by atoms with Crippen molar-refractivity contribution in [3.05, 3.63) is 0 Å². The van der Waals surface area contributed by atoms with Gasteiger partial charge in [0.1, 0.15) is 6.17 Å². The van der Waals surface area contributed by atoms with E-state index in [0.29, 0.717) is 0 Å². The molecule has 0 bridgehead atoms. The zero-order valence-electron chi connectivity index (χ0n) is 5.23. The summed E-state index contributed by atoms with van der Waals surface area (Å²) in [6.07, 6.45) is 1.03. The first-order chi connectivity index (χ1) is 3.79. The van der Waals surface area contributed by atoms with E-state index in [4.69, 9.17) is 0 Å². The van der Waals surface area contributed by atoms with Gasteiger partial charge in [-0.05, 0) is 25.9 Å². The van der Waals surface area contributed by atoms with Crippen molar-refractivity contribution in [1.29, 1.82) is 0 Å². The quantitative estimate of drug-likeness (QED) is 0.410. The van der Waals surface area contributed by atoms with Crippen molar-refractivity contribution in [1.82, 2.24) is 4.57 Å². The van der Waals surface area contributed by atoms with Crippen molar-refractivity contribution in [2.24, 2.45) is 0 Å². The van der Waals surface area contributed by atoms with Crippen LogP contribution in [0.1, 0.15) is 12.8 Å². The third-order valence-electron chi connectivity index (χ3n) is 1.65. The molecule has 0 N–H and O–H groups in total. The lowest BCUT2D eigenvalue weighted by Crippen LogP contribution is -2.31. The maximum absolute atomic E-state index is 12.3. The van der Waals surface area contributed by atoms with Crippen molar-refractivity contribution < 1.29 is 4.39 Å². The molecule has 1 saturated heterocycles. The van der Waals surface area contributed by atoms with Gasteiger partial charge in [0.2, 0.25) is 0 Å². The number of piperidine rings is 1. The van der Waals surface area contributed by atoms with Crippen molar-refractivity contribution in [2.75, 3.05) is 13.1 Å². The molecule has 0 radical (unpaired) electrons. The van der Waals surface area contributed by atoms with Gasteiger partial charge < -0.3 is 4.57 Å². The fourth-order valence-electron chi connectivity index (χ4n) is 0.977. The Bertz CT molecular complexity index is 60.8. The van der Waals surface area contributed by atoms with Crippen LogP contribution in [0.3, 0.4) is 0 Å². The SMILES string of the molecule is FC1CCN([SiH3])CC1. The number of rotatable bonds is 0. The highest BCUT2D eigenvalue weighted by molar-refractivity contribution is 6.04. The van der Waals surface area contributed by atoms with E-state index in [-0.39, 0.29) is 0 Å². The van der Waals surface area contributed by atoms with Crippen LogP contribution < -0.4 is 0 Å². The fourth-order valence-corrected chi connectivity index (χ4v) is 1.49. The Morgan fingerprint density at radius 2 is 1.88 bits per heavy atom. The smallest absolute Gasteiger partial charge is 0.102 e. The van der Waals surface area contributed by atoms with Crippen LogP contribution >= 0.6 is 0 Å². The zero-order chi connectivity index (χ0) is 5.98. The molecule has 1 aliphatic heterocycles. The largest absolute Gasteiger partial charge is 0.332 e. The molecule has 0 aromatic rings. The van der Waals surface area contributed by atoms with Crippen LogP contribution in [-0.4, -0.2) is 34.2 Å². The number of hydrogen-bond donors (Lipinski definition) is 0. The van der Waals surface area contributed by atoms with Crippen molar-refractivity contribution in [2.45, 2.75) is 19.0 Å². The molecule has 48 valence electrons. The Morgan fingerprint density at radius 1 is 1.38 bits per heavy atom. The van der Waals surface area contributed by atoms with E-state index in [1.54, 1.807) is 0 Å². The van der Waals surface area contributed by atoms with Gasteiger partial charge in [-0.2, -0.15) is 0 Å². The maximum Gasteiger partial charge on any atom is 0.102 e. The second-order valence-electron chi connectivity index (χ2n) is 2.48. The molecule has 0 spiro atoms. The predicted molar refractivity (Wildman–Crippen MR) is 35.6 cm³/mol. The first-order valence-corrected chi connectivity index (χ1v) is 4.01. The Balaban J connectivity index is 2.19. The number of halogens is 1. The minimum absolute atomic E-state index is 0.500. The number of nitrogens with zero attached hydrogens (tertiary/aromatic N) is 1. The fraction of sp³-hybridized carbons (Fsp3) is 1.00. The minimum Gasteiger partial charge on any atom is -0.332 e. The molecular formula is C5H12FNSi. The molecule has 1 nitrogen and oxygen atoms in total. The molecule has 1 rings (SSSR count). The lowest BCUT2D eigenvalue weighted by Gasteiger charge is -2.24. The summed E-state index contributed by atoms with van der Waals surface area (Å²) in [5.41, 5.74) is 0. The standard InChI is InChI=1S/C5H12FNSi/c6-5-1-3-7(8)4-2-5/h5H,1-4H2,8H3. The number of alkyl halides is 1. The molecule has 0 saturated carbocycles. The minimum atomic E-state index is -0.500. The summed E-state index contributed by atoms with van der Waals surface area (Å²) in [6.45, 7) is 1.99. The third-order valence-corrected chi connectivity index (χ3v) is 2.54. The summed E-state index contributed by atoms with van der Waals surface area (Å²) in [4.78, 5) is 0. The maximum atomic E-state index is 12.3. The molecule has 1 heterocycles. The molecule has 0 atom stereocenters. The van der Waals surface area contributed by atoms with Crippen LogP contribution in [0.4, 0.5) is 4.39 Å². The van der Waals surface area contributed by atoms with Gasteiger partial charge in [0.15, 0.2) is 0 Å². The topological polar surface area (TPSA) is 3.24 Å². The highest BCUT2D eigenvalue weighted by Gasteiger charge is 2.13. The van der Waals surface area contributed by atoms with Crippen LogP contribution in [0.5, 0.6) is 0 Å². The van der Waals surface area contributed by atoms with E-state index >= 15 is 0 Å². The Kier molecular flexibility index (Phi) is 2.02. The summed E-state index contributed by atoms with van der Waals surface area (Å²) < 4.78 is 14.6. The first-order valence-electron chi connectivity index (χ1n) is 3.11. The van der Waals surface area contributed by atoms with E-state index in [9.17, 15) is 4.39 Å². The summed E-state index contributed by atoms with van der Waals surface area (Å²) in [6, 6.07) is 0. The summed E-state index contributed by atoms with van der Waals surface area (Å²) >= 11 is 0. The molecule has 3 heteroatoms. The van der Waals surface area contributed by atoms with E-state index in [1.807, 2.05) is 0 Å². The summed E-state index contributed by atoms with van der Waals surface area (Å²) in [7, 11) is 1.11. The molecule has 0 aromatic carbocycles. The van der Waals surface area contributed by atoms with Crippen molar-refractivity contribution in [3.8, 4) is 0 Å². The molecule has 1 aliphatic rings. The van der Waals surface area contributed by atoms with Crippen LogP contribution in [0.15, 0.2) is 0 Å². The summed E-state index contributed by atoms with van der Waals surface area (Å²) in [5.74, 6) is 0. The molecule has 0 unspecified atom stereocenters. The number of hydrogen-bond acceptors (Lipinski definition) is 1. The van der Waals surface area contributed by atoms with Crippen molar-refractivity contribution in [3.63, 3.8) is 0 Å². The molecule has 0 aliphatic carbocycles. The van der Waals surface area contributed by atoms with Gasteiger partial charge in [0, 0.05) is 0 Å². The van der Waals surface area contributed by atoms with E-state index in [0.717, 1.165) is 36.3 Å². The van der Waals surface area contributed by atoms with Gasteiger partial charge in [-0.1, -0.05) is 0 Å². The van der Waals surface area contributed by atoms with E-state index < -0.39 is 6.17 Å². The van der Waals surface area contributed by atoms with Crippen molar-refractivity contribution >= 4 is 10.4 Å². The highest BCUT2D eigenvalue weighted by atomic mass is 28.2. The monoisotopic (exact) mass is 133 g/mol. The van der Waals surface area contributed by atoms with Gasteiger partial charge in [0.25, 0.3) is 0 Å². The van der Waals surface area contributed by atoms with Crippen LogP contribution in [-0.2, 0) is 0 Å². The average Bonchev–Trinajstić information content (AvgIpc) is 1.77. The predicted octanol–water partition coefficient (Wildman–Crippen LogP) is -0.299. The molecule has 0 aromatic heterocycles. The van der Waals surface area contributed by atoms with Gasteiger partial charge >= 0.3 is 0 Å². The second kappa shape index (κ2) is 2.59. The lowest BCUT2D eigenvalue weighted by molar-refractivity contribution is 0.214. The Hall–Kier alpha value is 0.107. The van der Waals surface area contributed by atoms with Crippen LogP contribution in [0, 0.1) is 0 Å². The average molecular weight is 133 g/mol. The van der Waals surface area contributed by atoms with Gasteiger partial charge in [0.05, 0.1) is 10.4 Å².